The van der Waals surface area contributed by atoms with Crippen molar-refractivity contribution in [3.8, 4) is 0 Å². The number of halogens is 1. The van der Waals surface area contributed by atoms with Gasteiger partial charge >= 0.3 is 0 Å². The molecule has 1 fully saturated rings. The van der Waals surface area contributed by atoms with Gasteiger partial charge in [-0.3, -0.25) is 0 Å². The van der Waals surface area contributed by atoms with E-state index in [1.807, 2.05) is 0 Å². The second-order valence-electron chi connectivity index (χ2n) is 5.15. The van der Waals surface area contributed by atoms with Crippen molar-refractivity contribution >= 4 is 23.8 Å². The molecule has 1 heterocycles. The molecule has 1 aromatic rings. The lowest BCUT2D eigenvalue weighted by atomic mass is 10.1. The van der Waals surface area contributed by atoms with Crippen LogP contribution in [0.15, 0.2) is 24.3 Å². The second-order valence-corrected chi connectivity index (χ2v) is 5.15. The summed E-state index contributed by atoms with van der Waals surface area (Å²) < 4.78 is 0. The lowest BCUT2D eigenvalue weighted by Crippen LogP contribution is -2.43. The van der Waals surface area contributed by atoms with Crippen LogP contribution in [0.2, 0.25) is 0 Å². The van der Waals surface area contributed by atoms with Crippen molar-refractivity contribution in [3.63, 3.8) is 0 Å². The Morgan fingerprint density at radius 1 is 1.06 bits per heavy atom. The van der Waals surface area contributed by atoms with Gasteiger partial charge in [-0.2, -0.15) is 0 Å². The van der Waals surface area contributed by atoms with Crippen molar-refractivity contribution in [3.05, 3.63) is 24.3 Å². The maximum absolute atomic E-state index is 5.69. The summed E-state index contributed by atoms with van der Waals surface area (Å²) in [6, 6.07) is 8.75. The largest absolute Gasteiger partial charge is 0.368 e. The Labute approximate surface area is 115 Å². The Bertz CT molecular complexity index is 392. The number of anilines is 2. The van der Waals surface area contributed by atoms with E-state index >= 15 is 0 Å². The minimum absolute atomic E-state index is 0. The third kappa shape index (κ3) is 2.73. The van der Waals surface area contributed by atoms with Crippen LogP contribution in [0.1, 0.15) is 12.8 Å². The number of para-hydroxylation sites is 2. The van der Waals surface area contributed by atoms with E-state index in [2.05, 4.69) is 34.1 Å². The van der Waals surface area contributed by atoms with Gasteiger partial charge in [0.15, 0.2) is 0 Å². The third-order valence-corrected chi connectivity index (χ3v) is 3.78. The number of hydrogen-bond donors (Lipinski definition) is 1. The van der Waals surface area contributed by atoms with E-state index in [-0.39, 0.29) is 12.4 Å². The van der Waals surface area contributed by atoms with Gasteiger partial charge in [-0.05, 0) is 30.9 Å². The number of fused-ring (bicyclic) bond motifs is 1. The summed E-state index contributed by atoms with van der Waals surface area (Å²) in [7, 11) is 0. The predicted molar refractivity (Wildman–Crippen MR) is 79.9 cm³/mol. The molecule has 0 bridgehead atoms. The monoisotopic (exact) mass is 267 g/mol. The van der Waals surface area contributed by atoms with Crippen LogP contribution in [0.25, 0.3) is 0 Å². The van der Waals surface area contributed by atoms with E-state index in [4.69, 9.17) is 5.73 Å². The van der Waals surface area contributed by atoms with Gasteiger partial charge < -0.3 is 15.5 Å². The first-order valence-electron chi connectivity index (χ1n) is 6.67. The minimum Gasteiger partial charge on any atom is -0.368 e. The molecule has 3 rings (SSSR count). The highest BCUT2D eigenvalue weighted by Crippen LogP contribution is 2.36. The molecule has 100 valence electrons. The fraction of sp³-hybridized carbons (Fsp3) is 0.571. The average molecular weight is 268 g/mol. The predicted octanol–water partition coefficient (Wildman–Crippen LogP) is 2.10. The molecule has 18 heavy (non-hydrogen) atoms. The summed E-state index contributed by atoms with van der Waals surface area (Å²) in [6.07, 6.45) is 2.84. The molecule has 1 aliphatic heterocycles. The number of hydrogen-bond acceptors (Lipinski definition) is 3. The zero-order chi connectivity index (χ0) is 11.7. The Kier molecular flexibility index (Phi) is 4.36. The van der Waals surface area contributed by atoms with Crippen LogP contribution < -0.4 is 15.5 Å². The third-order valence-electron chi connectivity index (χ3n) is 3.78. The van der Waals surface area contributed by atoms with Crippen molar-refractivity contribution in [2.45, 2.75) is 12.8 Å². The summed E-state index contributed by atoms with van der Waals surface area (Å²) in [5, 5.41) is 0. The van der Waals surface area contributed by atoms with E-state index in [1.54, 1.807) is 0 Å². The summed E-state index contributed by atoms with van der Waals surface area (Å²) in [6.45, 7) is 5.20. The van der Waals surface area contributed by atoms with Gasteiger partial charge in [0.05, 0.1) is 11.4 Å². The molecular weight excluding hydrogens is 246 g/mol. The number of nitrogens with zero attached hydrogens (tertiary/aromatic N) is 2. The van der Waals surface area contributed by atoms with E-state index < -0.39 is 0 Å². The lowest BCUT2D eigenvalue weighted by Gasteiger charge is -2.39. The zero-order valence-corrected chi connectivity index (χ0v) is 11.5. The van der Waals surface area contributed by atoms with Gasteiger partial charge in [0.25, 0.3) is 0 Å². The first-order chi connectivity index (χ1) is 8.38. The fourth-order valence-corrected chi connectivity index (χ4v) is 2.67. The molecule has 2 N–H and O–H groups in total. The molecule has 0 aromatic heterocycles. The molecule has 1 saturated carbocycles. The van der Waals surface area contributed by atoms with Gasteiger partial charge in [-0.1, -0.05) is 12.1 Å². The van der Waals surface area contributed by atoms with Crippen LogP contribution in [0.3, 0.4) is 0 Å². The van der Waals surface area contributed by atoms with Gasteiger partial charge in [0.2, 0.25) is 0 Å². The van der Waals surface area contributed by atoms with Gasteiger partial charge in [0, 0.05) is 32.7 Å². The van der Waals surface area contributed by atoms with Crippen molar-refractivity contribution in [2.24, 2.45) is 11.7 Å². The molecule has 0 saturated heterocycles. The zero-order valence-electron chi connectivity index (χ0n) is 10.7. The quantitative estimate of drug-likeness (QED) is 0.907. The van der Waals surface area contributed by atoms with E-state index in [9.17, 15) is 0 Å². The first-order valence-corrected chi connectivity index (χ1v) is 6.67. The average Bonchev–Trinajstić information content (AvgIpc) is 3.17. The molecule has 0 spiro atoms. The number of rotatable bonds is 4. The SMILES string of the molecule is Cl.NCCN1CCN(CC2CC2)c2ccccc21. The molecule has 0 unspecified atom stereocenters. The van der Waals surface area contributed by atoms with Gasteiger partial charge in [-0.25, -0.2) is 0 Å². The Morgan fingerprint density at radius 3 is 2.28 bits per heavy atom. The van der Waals surface area contributed by atoms with Crippen LogP contribution in [-0.4, -0.2) is 32.7 Å². The number of benzene rings is 1. The summed E-state index contributed by atoms with van der Waals surface area (Å²) in [5.41, 5.74) is 8.45. The Morgan fingerprint density at radius 2 is 1.67 bits per heavy atom. The number of nitrogens with two attached hydrogens (primary N) is 1. The fourth-order valence-electron chi connectivity index (χ4n) is 2.67. The maximum Gasteiger partial charge on any atom is 0.0605 e. The smallest absolute Gasteiger partial charge is 0.0605 e. The topological polar surface area (TPSA) is 32.5 Å². The maximum atomic E-state index is 5.69. The van der Waals surface area contributed by atoms with Crippen LogP contribution >= 0.6 is 12.4 Å². The molecule has 2 aliphatic rings. The van der Waals surface area contributed by atoms with Crippen LogP contribution in [0.5, 0.6) is 0 Å². The van der Waals surface area contributed by atoms with Crippen LogP contribution in [-0.2, 0) is 0 Å². The molecular formula is C14H22ClN3. The van der Waals surface area contributed by atoms with Crippen molar-refractivity contribution in [1.29, 1.82) is 0 Å². The summed E-state index contributed by atoms with van der Waals surface area (Å²) >= 11 is 0. The van der Waals surface area contributed by atoms with Crippen LogP contribution in [0.4, 0.5) is 11.4 Å². The van der Waals surface area contributed by atoms with E-state index in [0.29, 0.717) is 0 Å². The van der Waals surface area contributed by atoms with Gasteiger partial charge in [-0.15, -0.1) is 12.4 Å². The highest BCUT2D eigenvalue weighted by atomic mass is 35.5. The Balaban J connectivity index is 0.00000120. The Hall–Kier alpha value is -0.930. The normalized spacial score (nSPS) is 18.3. The van der Waals surface area contributed by atoms with Crippen molar-refractivity contribution in [2.75, 3.05) is 42.5 Å². The highest BCUT2D eigenvalue weighted by Gasteiger charge is 2.28. The molecule has 0 amide bonds. The lowest BCUT2D eigenvalue weighted by molar-refractivity contribution is 0.666. The molecule has 1 aromatic carbocycles. The molecule has 0 atom stereocenters. The molecule has 4 heteroatoms. The van der Waals surface area contributed by atoms with Gasteiger partial charge in [0.1, 0.15) is 0 Å². The highest BCUT2D eigenvalue weighted by molar-refractivity contribution is 5.85. The van der Waals surface area contributed by atoms with Crippen molar-refractivity contribution in [1.82, 2.24) is 0 Å². The molecule has 3 nitrogen and oxygen atoms in total. The summed E-state index contributed by atoms with van der Waals surface area (Å²) in [4.78, 5) is 4.97. The minimum atomic E-state index is 0. The second kappa shape index (κ2) is 5.81. The molecule has 1 aliphatic carbocycles. The van der Waals surface area contributed by atoms with Crippen LogP contribution in [0, 0.1) is 5.92 Å². The van der Waals surface area contributed by atoms with Crippen molar-refractivity contribution < 1.29 is 0 Å². The summed E-state index contributed by atoms with van der Waals surface area (Å²) in [5.74, 6) is 0.948. The van der Waals surface area contributed by atoms with E-state index in [0.717, 1.165) is 32.1 Å². The standard InChI is InChI=1S/C14H21N3.ClH/c15-7-8-16-9-10-17(11-12-5-6-12)14-4-2-1-3-13(14)16;/h1-4,12H,5-11,15H2;1H. The first kappa shape index (κ1) is 13.5. The molecule has 0 radical (unpaired) electrons. The van der Waals surface area contributed by atoms with E-state index in [1.165, 1.54) is 30.8 Å².